The lowest BCUT2D eigenvalue weighted by Gasteiger charge is -2.35. The molecule has 2 rings (SSSR count). The predicted octanol–water partition coefficient (Wildman–Crippen LogP) is 3.61. The topological polar surface area (TPSA) is 38.5 Å². The maximum atomic E-state index is 6.12. The van der Waals surface area contributed by atoms with Crippen molar-refractivity contribution in [1.82, 2.24) is 4.90 Å². The van der Waals surface area contributed by atoms with E-state index in [1.54, 1.807) is 7.11 Å². The minimum absolute atomic E-state index is 0.136. The summed E-state index contributed by atoms with van der Waals surface area (Å²) < 4.78 is 5.53. The lowest BCUT2D eigenvalue weighted by molar-refractivity contribution is 0.145. The van der Waals surface area contributed by atoms with E-state index in [0.717, 1.165) is 17.9 Å². The van der Waals surface area contributed by atoms with E-state index in [1.165, 1.54) is 5.56 Å². The normalized spacial score (nSPS) is 12.6. The van der Waals surface area contributed by atoms with Gasteiger partial charge in [-0.1, -0.05) is 48.5 Å². The minimum Gasteiger partial charge on any atom is -0.496 e. The van der Waals surface area contributed by atoms with Crippen LogP contribution in [0.25, 0.3) is 0 Å². The maximum Gasteiger partial charge on any atom is 0.123 e. The average molecular weight is 298 g/mol. The second-order valence-electron chi connectivity index (χ2n) is 5.75. The second-order valence-corrected chi connectivity index (χ2v) is 5.75. The number of hydrogen-bond acceptors (Lipinski definition) is 3. The first-order valence-corrected chi connectivity index (χ1v) is 7.80. The molecule has 0 bridgehead atoms. The molecule has 2 aromatic rings. The second kappa shape index (κ2) is 7.97. The first kappa shape index (κ1) is 16.5. The zero-order valence-corrected chi connectivity index (χ0v) is 13.7. The molecule has 0 radical (unpaired) electrons. The SMILES string of the molecule is COc1ccccc1C(CN)N(Cc1ccccc1)C(C)C. The number of hydrogen-bond donors (Lipinski definition) is 1. The summed E-state index contributed by atoms with van der Waals surface area (Å²) in [5.74, 6) is 0.900. The van der Waals surface area contributed by atoms with E-state index in [0.29, 0.717) is 12.6 Å². The molecule has 0 saturated carbocycles. The van der Waals surface area contributed by atoms with Crippen molar-refractivity contribution in [2.75, 3.05) is 13.7 Å². The molecule has 1 unspecified atom stereocenters. The Bertz CT molecular complexity index is 569. The molecule has 0 heterocycles. The summed E-state index contributed by atoms with van der Waals surface area (Å²) in [6.45, 7) is 5.85. The number of para-hydroxylation sites is 1. The third kappa shape index (κ3) is 3.87. The van der Waals surface area contributed by atoms with E-state index in [4.69, 9.17) is 10.5 Å². The van der Waals surface area contributed by atoms with E-state index in [1.807, 2.05) is 24.3 Å². The van der Waals surface area contributed by atoms with E-state index in [9.17, 15) is 0 Å². The van der Waals surface area contributed by atoms with Crippen molar-refractivity contribution in [2.45, 2.75) is 32.5 Å². The van der Waals surface area contributed by atoms with Crippen LogP contribution in [0, 0.1) is 0 Å². The van der Waals surface area contributed by atoms with E-state index < -0.39 is 0 Å². The maximum absolute atomic E-state index is 6.12. The lowest BCUT2D eigenvalue weighted by Crippen LogP contribution is -2.38. The molecule has 0 aliphatic heterocycles. The summed E-state index contributed by atoms with van der Waals surface area (Å²) >= 11 is 0. The van der Waals surface area contributed by atoms with Gasteiger partial charge in [0.2, 0.25) is 0 Å². The van der Waals surface area contributed by atoms with Gasteiger partial charge in [-0.15, -0.1) is 0 Å². The first-order chi connectivity index (χ1) is 10.7. The fourth-order valence-corrected chi connectivity index (χ4v) is 2.83. The fraction of sp³-hybridized carbons (Fsp3) is 0.368. The Morgan fingerprint density at radius 2 is 1.64 bits per heavy atom. The number of ether oxygens (including phenoxy) is 1. The Balaban J connectivity index is 2.32. The number of methoxy groups -OCH3 is 1. The quantitative estimate of drug-likeness (QED) is 0.848. The number of nitrogens with zero attached hydrogens (tertiary/aromatic N) is 1. The average Bonchev–Trinajstić information content (AvgIpc) is 2.56. The van der Waals surface area contributed by atoms with Crippen molar-refractivity contribution < 1.29 is 4.74 Å². The highest BCUT2D eigenvalue weighted by Gasteiger charge is 2.24. The van der Waals surface area contributed by atoms with Gasteiger partial charge in [-0.05, 0) is 25.5 Å². The van der Waals surface area contributed by atoms with E-state index in [-0.39, 0.29) is 6.04 Å². The van der Waals surface area contributed by atoms with Crippen LogP contribution in [0.3, 0.4) is 0 Å². The van der Waals surface area contributed by atoms with Crippen LogP contribution in [0.2, 0.25) is 0 Å². The third-order valence-electron chi connectivity index (χ3n) is 3.99. The summed E-state index contributed by atoms with van der Waals surface area (Å²) in [4.78, 5) is 2.42. The Labute approximate surface area is 133 Å². The van der Waals surface area contributed by atoms with Gasteiger partial charge in [0.1, 0.15) is 5.75 Å². The lowest BCUT2D eigenvalue weighted by atomic mass is 10.0. The highest BCUT2D eigenvalue weighted by atomic mass is 16.5. The monoisotopic (exact) mass is 298 g/mol. The largest absolute Gasteiger partial charge is 0.496 e. The summed E-state index contributed by atoms with van der Waals surface area (Å²) in [6, 6.07) is 19.2. The van der Waals surface area contributed by atoms with Gasteiger partial charge >= 0.3 is 0 Å². The van der Waals surface area contributed by atoms with Crippen LogP contribution in [0.15, 0.2) is 54.6 Å². The Hall–Kier alpha value is -1.84. The third-order valence-corrected chi connectivity index (χ3v) is 3.99. The van der Waals surface area contributed by atoms with Gasteiger partial charge in [0.15, 0.2) is 0 Å². The molecule has 22 heavy (non-hydrogen) atoms. The standard InChI is InChI=1S/C19H26N2O/c1-15(2)21(14-16-9-5-4-6-10-16)18(13-20)17-11-7-8-12-19(17)22-3/h4-12,15,18H,13-14,20H2,1-3H3. The summed E-state index contributed by atoms with van der Waals surface area (Å²) in [7, 11) is 1.71. The van der Waals surface area contributed by atoms with Crippen molar-refractivity contribution >= 4 is 0 Å². The van der Waals surface area contributed by atoms with Gasteiger partial charge < -0.3 is 10.5 Å². The Morgan fingerprint density at radius 1 is 1.00 bits per heavy atom. The molecule has 0 aromatic heterocycles. The van der Waals surface area contributed by atoms with Crippen molar-refractivity contribution in [1.29, 1.82) is 0 Å². The van der Waals surface area contributed by atoms with Gasteiger partial charge in [0.25, 0.3) is 0 Å². The zero-order valence-electron chi connectivity index (χ0n) is 13.7. The van der Waals surface area contributed by atoms with E-state index in [2.05, 4.69) is 49.1 Å². The Kier molecular flexibility index (Phi) is 5.99. The number of nitrogens with two attached hydrogens (primary N) is 1. The summed E-state index contributed by atoms with van der Waals surface area (Å²) in [5.41, 5.74) is 8.57. The number of rotatable bonds is 7. The zero-order chi connectivity index (χ0) is 15.9. The predicted molar refractivity (Wildman–Crippen MR) is 91.9 cm³/mol. The molecule has 0 aliphatic carbocycles. The molecule has 118 valence electrons. The molecule has 0 amide bonds. The van der Waals surface area contributed by atoms with Gasteiger partial charge in [-0.3, -0.25) is 4.90 Å². The fourth-order valence-electron chi connectivity index (χ4n) is 2.83. The van der Waals surface area contributed by atoms with Crippen LogP contribution in [0.4, 0.5) is 0 Å². The highest BCUT2D eigenvalue weighted by Crippen LogP contribution is 2.31. The van der Waals surface area contributed by atoms with Crippen molar-refractivity contribution in [3.63, 3.8) is 0 Å². The molecule has 1 atom stereocenters. The highest BCUT2D eigenvalue weighted by molar-refractivity contribution is 5.36. The molecular weight excluding hydrogens is 272 g/mol. The van der Waals surface area contributed by atoms with Crippen LogP contribution >= 0.6 is 0 Å². The van der Waals surface area contributed by atoms with Gasteiger partial charge in [-0.2, -0.15) is 0 Å². The molecule has 3 heteroatoms. The van der Waals surface area contributed by atoms with Crippen LogP contribution in [-0.2, 0) is 6.54 Å². The van der Waals surface area contributed by atoms with Gasteiger partial charge in [0, 0.05) is 24.7 Å². The number of benzene rings is 2. The Morgan fingerprint density at radius 3 is 2.23 bits per heavy atom. The van der Waals surface area contributed by atoms with Crippen molar-refractivity contribution in [3.8, 4) is 5.75 Å². The van der Waals surface area contributed by atoms with Gasteiger partial charge in [-0.25, -0.2) is 0 Å². The molecule has 0 saturated heterocycles. The van der Waals surface area contributed by atoms with Crippen molar-refractivity contribution in [3.05, 3.63) is 65.7 Å². The molecule has 2 aromatic carbocycles. The van der Waals surface area contributed by atoms with Crippen molar-refractivity contribution in [2.24, 2.45) is 5.73 Å². The van der Waals surface area contributed by atoms with Crippen LogP contribution in [-0.4, -0.2) is 24.6 Å². The summed E-state index contributed by atoms with van der Waals surface area (Å²) in [5, 5.41) is 0. The first-order valence-electron chi connectivity index (χ1n) is 7.80. The molecule has 0 spiro atoms. The van der Waals surface area contributed by atoms with Crippen LogP contribution in [0.5, 0.6) is 5.75 Å². The van der Waals surface area contributed by atoms with Crippen LogP contribution in [0.1, 0.15) is 31.0 Å². The summed E-state index contributed by atoms with van der Waals surface area (Å²) in [6.07, 6.45) is 0. The molecule has 0 fully saturated rings. The molecular formula is C19H26N2O. The van der Waals surface area contributed by atoms with Crippen LogP contribution < -0.4 is 10.5 Å². The molecule has 3 nitrogen and oxygen atoms in total. The van der Waals surface area contributed by atoms with E-state index >= 15 is 0 Å². The van der Waals surface area contributed by atoms with Gasteiger partial charge in [0.05, 0.1) is 13.2 Å². The minimum atomic E-state index is 0.136. The smallest absolute Gasteiger partial charge is 0.123 e. The molecule has 0 aliphatic rings. The molecule has 2 N–H and O–H groups in total.